The highest BCUT2D eigenvalue weighted by Crippen LogP contribution is 2.34. The summed E-state index contributed by atoms with van der Waals surface area (Å²) in [7, 11) is 1.31. The fourth-order valence-electron chi connectivity index (χ4n) is 3.30. The Hall–Kier alpha value is -3.00. The molecule has 1 aliphatic rings. The monoisotopic (exact) mass is 383 g/mol. The number of aryl methyl sites for hydroxylation is 2. The van der Waals surface area contributed by atoms with Crippen molar-refractivity contribution < 1.29 is 14.3 Å². The summed E-state index contributed by atoms with van der Waals surface area (Å²) < 4.78 is 4.69. The van der Waals surface area contributed by atoms with Gasteiger partial charge in [0.05, 0.1) is 18.1 Å². The molecular formula is C19H17N3O4S. The molecule has 4 rings (SSSR count). The van der Waals surface area contributed by atoms with Gasteiger partial charge in [-0.25, -0.2) is 9.78 Å². The van der Waals surface area contributed by atoms with Crippen molar-refractivity contribution in [2.75, 3.05) is 7.11 Å². The topological polar surface area (TPSA) is 101 Å². The molecule has 2 aromatic heterocycles. The van der Waals surface area contributed by atoms with Crippen LogP contribution in [0.5, 0.6) is 0 Å². The first-order valence-corrected chi connectivity index (χ1v) is 9.38. The third-order valence-corrected chi connectivity index (χ3v) is 5.78. The van der Waals surface area contributed by atoms with Crippen LogP contribution >= 0.6 is 11.3 Å². The Morgan fingerprint density at radius 1 is 1.33 bits per heavy atom. The van der Waals surface area contributed by atoms with E-state index in [0.29, 0.717) is 15.8 Å². The Bertz CT molecular complexity index is 1120. The number of rotatable bonds is 4. The lowest BCUT2D eigenvalue weighted by molar-refractivity contribution is 0.0600. The number of amides is 1. The molecule has 0 radical (unpaired) electrons. The van der Waals surface area contributed by atoms with Crippen LogP contribution in [0.2, 0.25) is 0 Å². The predicted octanol–water partition coefficient (Wildman–Crippen LogP) is 2.19. The summed E-state index contributed by atoms with van der Waals surface area (Å²) in [5, 5.41) is 3.34. The number of ether oxygens (including phenoxy) is 1. The molecule has 3 aromatic rings. The number of H-pyrrole nitrogens is 1. The van der Waals surface area contributed by atoms with Crippen LogP contribution in [-0.4, -0.2) is 29.0 Å². The van der Waals surface area contributed by atoms with Crippen LogP contribution in [0.3, 0.4) is 0 Å². The summed E-state index contributed by atoms with van der Waals surface area (Å²) in [5.74, 6) is -0.909. The van der Waals surface area contributed by atoms with E-state index in [2.05, 4.69) is 15.3 Å². The molecule has 0 spiro atoms. The summed E-state index contributed by atoms with van der Waals surface area (Å²) in [6.45, 7) is 0.201. The van der Waals surface area contributed by atoms with Crippen molar-refractivity contribution in [2.24, 2.45) is 0 Å². The number of fused-ring (bicyclic) bond motifs is 3. The van der Waals surface area contributed by atoms with Gasteiger partial charge in [0.2, 0.25) is 5.82 Å². The number of methoxy groups -OCH3 is 1. The molecule has 0 aliphatic heterocycles. The summed E-state index contributed by atoms with van der Waals surface area (Å²) in [5.41, 5.74) is 1.96. The van der Waals surface area contributed by atoms with Gasteiger partial charge in [0, 0.05) is 11.4 Å². The van der Waals surface area contributed by atoms with Crippen molar-refractivity contribution in [3.8, 4) is 0 Å². The minimum absolute atomic E-state index is 0.00320. The van der Waals surface area contributed by atoms with E-state index in [4.69, 9.17) is 4.74 Å². The maximum atomic E-state index is 12.4. The molecule has 0 atom stereocenters. The first-order chi connectivity index (χ1) is 13.1. The molecule has 0 saturated heterocycles. The van der Waals surface area contributed by atoms with Crippen LogP contribution < -0.4 is 10.9 Å². The van der Waals surface area contributed by atoms with Crippen molar-refractivity contribution in [1.29, 1.82) is 0 Å². The maximum absolute atomic E-state index is 12.4. The zero-order valence-corrected chi connectivity index (χ0v) is 15.4. The molecule has 0 saturated carbocycles. The number of aromatic nitrogens is 2. The molecular weight excluding hydrogens is 366 g/mol. The van der Waals surface area contributed by atoms with Gasteiger partial charge in [-0.1, -0.05) is 12.1 Å². The van der Waals surface area contributed by atoms with E-state index < -0.39 is 11.9 Å². The predicted molar refractivity (Wildman–Crippen MR) is 101 cm³/mol. The van der Waals surface area contributed by atoms with Crippen LogP contribution in [0.1, 0.15) is 43.4 Å². The third kappa shape index (κ3) is 3.23. The van der Waals surface area contributed by atoms with Gasteiger partial charge in [0.25, 0.3) is 11.5 Å². The second kappa shape index (κ2) is 6.96. The lowest BCUT2D eigenvalue weighted by atomic mass is 10.1. The van der Waals surface area contributed by atoms with Crippen LogP contribution in [-0.2, 0) is 24.1 Å². The van der Waals surface area contributed by atoms with Crippen molar-refractivity contribution in [1.82, 2.24) is 15.3 Å². The number of benzene rings is 1. The Morgan fingerprint density at radius 3 is 3.00 bits per heavy atom. The minimum atomic E-state index is -0.467. The molecule has 27 heavy (non-hydrogen) atoms. The number of aromatic amines is 1. The highest BCUT2D eigenvalue weighted by Gasteiger charge is 2.22. The smallest absolute Gasteiger partial charge is 0.337 e. The standard InChI is InChI=1S/C19H17N3O4S/c1-26-19(25)11-5-2-4-10(8-11)9-20-17(24)15-21-16(23)14-12-6-3-7-13(12)27-18(14)22-15/h2,4-5,8H,3,6-7,9H2,1H3,(H,20,24)(H,21,22,23). The van der Waals surface area contributed by atoms with Gasteiger partial charge in [0.1, 0.15) is 4.83 Å². The number of esters is 1. The van der Waals surface area contributed by atoms with Gasteiger partial charge in [-0.05, 0) is 42.5 Å². The summed E-state index contributed by atoms with van der Waals surface area (Å²) in [6.07, 6.45) is 2.92. The number of nitrogens with one attached hydrogen (secondary N) is 2. The van der Waals surface area contributed by atoms with E-state index in [-0.39, 0.29) is 17.9 Å². The zero-order valence-electron chi connectivity index (χ0n) is 14.6. The van der Waals surface area contributed by atoms with Crippen molar-refractivity contribution in [3.05, 3.63) is 62.0 Å². The Kier molecular flexibility index (Phi) is 4.49. The SMILES string of the molecule is COC(=O)c1cccc(CNC(=O)c2nc3sc4c(c3c(=O)[nH]2)CCC4)c1. The van der Waals surface area contributed by atoms with Crippen LogP contribution in [0, 0.1) is 0 Å². The Labute approximate surface area is 158 Å². The molecule has 0 bridgehead atoms. The van der Waals surface area contributed by atoms with Crippen LogP contribution in [0.15, 0.2) is 29.1 Å². The van der Waals surface area contributed by atoms with Gasteiger partial charge in [-0.3, -0.25) is 9.59 Å². The average Bonchev–Trinajstić information content (AvgIpc) is 3.26. The summed E-state index contributed by atoms with van der Waals surface area (Å²) in [4.78, 5) is 45.2. The zero-order chi connectivity index (χ0) is 19.0. The van der Waals surface area contributed by atoms with E-state index in [9.17, 15) is 14.4 Å². The summed E-state index contributed by atoms with van der Waals surface area (Å²) >= 11 is 1.49. The van der Waals surface area contributed by atoms with Gasteiger partial charge in [-0.15, -0.1) is 11.3 Å². The third-order valence-electron chi connectivity index (χ3n) is 4.59. The van der Waals surface area contributed by atoms with Crippen molar-refractivity contribution in [3.63, 3.8) is 0 Å². The first kappa shape index (κ1) is 17.4. The lowest BCUT2D eigenvalue weighted by Crippen LogP contribution is -2.27. The second-order valence-electron chi connectivity index (χ2n) is 6.33. The number of hydrogen-bond acceptors (Lipinski definition) is 6. The highest BCUT2D eigenvalue weighted by atomic mass is 32.1. The van der Waals surface area contributed by atoms with Crippen molar-refractivity contribution >= 4 is 33.4 Å². The second-order valence-corrected chi connectivity index (χ2v) is 7.41. The normalized spacial score (nSPS) is 12.8. The molecule has 0 unspecified atom stereocenters. The molecule has 138 valence electrons. The van der Waals surface area contributed by atoms with Gasteiger partial charge in [0.15, 0.2) is 0 Å². The number of thiophene rings is 1. The van der Waals surface area contributed by atoms with Gasteiger partial charge >= 0.3 is 5.97 Å². The number of carbonyl (C=O) groups is 2. The fraction of sp³-hybridized carbons (Fsp3) is 0.263. The van der Waals surface area contributed by atoms with Gasteiger partial charge in [-0.2, -0.15) is 0 Å². The van der Waals surface area contributed by atoms with E-state index >= 15 is 0 Å². The highest BCUT2D eigenvalue weighted by molar-refractivity contribution is 7.18. The summed E-state index contributed by atoms with van der Waals surface area (Å²) in [6, 6.07) is 6.79. The molecule has 7 nitrogen and oxygen atoms in total. The van der Waals surface area contributed by atoms with Gasteiger partial charge < -0.3 is 15.0 Å². The van der Waals surface area contributed by atoms with E-state index in [1.54, 1.807) is 24.3 Å². The van der Waals surface area contributed by atoms with E-state index in [0.717, 1.165) is 30.4 Å². The lowest BCUT2D eigenvalue weighted by Gasteiger charge is -2.06. The van der Waals surface area contributed by atoms with E-state index in [1.807, 2.05) is 0 Å². The van der Waals surface area contributed by atoms with Crippen LogP contribution in [0.25, 0.3) is 10.2 Å². The number of carbonyl (C=O) groups excluding carboxylic acids is 2. The Balaban J connectivity index is 1.54. The molecule has 2 heterocycles. The quantitative estimate of drug-likeness (QED) is 0.673. The number of hydrogen-bond donors (Lipinski definition) is 2. The molecule has 8 heteroatoms. The first-order valence-electron chi connectivity index (χ1n) is 8.57. The van der Waals surface area contributed by atoms with Crippen molar-refractivity contribution in [2.45, 2.75) is 25.8 Å². The maximum Gasteiger partial charge on any atom is 0.337 e. The Morgan fingerprint density at radius 2 is 2.19 bits per heavy atom. The minimum Gasteiger partial charge on any atom is -0.465 e. The molecule has 2 N–H and O–H groups in total. The fourth-order valence-corrected chi connectivity index (χ4v) is 4.56. The number of nitrogens with zero attached hydrogens (tertiary/aromatic N) is 1. The largest absolute Gasteiger partial charge is 0.465 e. The van der Waals surface area contributed by atoms with Crippen LogP contribution in [0.4, 0.5) is 0 Å². The van der Waals surface area contributed by atoms with E-state index in [1.165, 1.54) is 23.3 Å². The molecule has 1 amide bonds. The molecule has 1 aliphatic carbocycles. The molecule has 0 fully saturated rings. The average molecular weight is 383 g/mol. The molecule has 1 aromatic carbocycles.